The SMILES string of the molecule is Clc1cccc(/C=C/C=C/c2ccccc2)c1. The molecule has 0 amide bonds. The van der Waals surface area contributed by atoms with E-state index in [1.807, 2.05) is 60.7 Å². The van der Waals surface area contributed by atoms with E-state index in [1.165, 1.54) is 5.56 Å². The Morgan fingerprint density at radius 1 is 0.706 bits per heavy atom. The van der Waals surface area contributed by atoms with E-state index in [0.717, 1.165) is 10.6 Å². The number of hydrogen-bond acceptors (Lipinski definition) is 0. The third kappa shape index (κ3) is 3.93. The minimum absolute atomic E-state index is 0.763. The molecule has 2 aromatic carbocycles. The number of rotatable bonds is 3. The van der Waals surface area contributed by atoms with E-state index in [1.54, 1.807) is 0 Å². The lowest BCUT2D eigenvalue weighted by atomic mass is 10.2. The summed E-state index contributed by atoms with van der Waals surface area (Å²) in [7, 11) is 0. The molecule has 0 N–H and O–H groups in total. The van der Waals surface area contributed by atoms with Gasteiger partial charge in [-0.15, -0.1) is 0 Å². The van der Waals surface area contributed by atoms with Crippen molar-refractivity contribution in [3.05, 3.63) is 82.9 Å². The van der Waals surface area contributed by atoms with E-state index in [2.05, 4.69) is 18.2 Å². The monoisotopic (exact) mass is 240 g/mol. The van der Waals surface area contributed by atoms with Crippen molar-refractivity contribution >= 4 is 23.8 Å². The van der Waals surface area contributed by atoms with E-state index in [-0.39, 0.29) is 0 Å². The summed E-state index contributed by atoms with van der Waals surface area (Å²) < 4.78 is 0. The summed E-state index contributed by atoms with van der Waals surface area (Å²) in [6, 6.07) is 18.0. The summed E-state index contributed by atoms with van der Waals surface area (Å²) in [5.41, 5.74) is 2.30. The van der Waals surface area contributed by atoms with Gasteiger partial charge in [0.25, 0.3) is 0 Å². The fourth-order valence-corrected chi connectivity index (χ4v) is 1.71. The molecule has 0 aliphatic rings. The highest BCUT2D eigenvalue weighted by molar-refractivity contribution is 6.30. The van der Waals surface area contributed by atoms with Gasteiger partial charge >= 0.3 is 0 Å². The molecule has 0 spiro atoms. The number of halogens is 1. The molecule has 0 fully saturated rings. The largest absolute Gasteiger partial charge is 0.0843 e. The van der Waals surface area contributed by atoms with Crippen molar-refractivity contribution in [2.75, 3.05) is 0 Å². The van der Waals surface area contributed by atoms with Crippen molar-refractivity contribution in [1.29, 1.82) is 0 Å². The Morgan fingerprint density at radius 3 is 2.06 bits per heavy atom. The van der Waals surface area contributed by atoms with Gasteiger partial charge in [0.15, 0.2) is 0 Å². The van der Waals surface area contributed by atoms with Crippen LogP contribution in [0.3, 0.4) is 0 Å². The number of allylic oxidation sites excluding steroid dienone is 2. The molecular formula is C16H13Cl. The molecular weight excluding hydrogens is 228 g/mol. The Balaban J connectivity index is 2.01. The molecule has 0 saturated heterocycles. The van der Waals surface area contributed by atoms with Crippen LogP contribution < -0.4 is 0 Å². The molecule has 0 aromatic heterocycles. The molecule has 0 aliphatic carbocycles. The molecule has 2 aromatic rings. The molecule has 0 nitrogen and oxygen atoms in total. The Kier molecular flexibility index (Phi) is 4.17. The number of hydrogen-bond donors (Lipinski definition) is 0. The van der Waals surface area contributed by atoms with Crippen LogP contribution in [0.4, 0.5) is 0 Å². The summed E-state index contributed by atoms with van der Waals surface area (Å²) in [5.74, 6) is 0. The third-order valence-electron chi connectivity index (χ3n) is 2.34. The fourth-order valence-electron chi connectivity index (χ4n) is 1.51. The molecule has 0 heterocycles. The highest BCUT2D eigenvalue weighted by Gasteiger charge is 1.87. The van der Waals surface area contributed by atoms with Gasteiger partial charge in [-0.1, -0.05) is 78.4 Å². The zero-order chi connectivity index (χ0) is 11.9. The zero-order valence-electron chi connectivity index (χ0n) is 9.38. The lowest BCUT2D eigenvalue weighted by Gasteiger charge is -1.92. The number of benzene rings is 2. The van der Waals surface area contributed by atoms with E-state index in [4.69, 9.17) is 11.6 Å². The second-order valence-electron chi connectivity index (χ2n) is 3.68. The molecule has 0 saturated carbocycles. The van der Waals surface area contributed by atoms with Crippen molar-refractivity contribution in [2.45, 2.75) is 0 Å². The van der Waals surface area contributed by atoms with Crippen molar-refractivity contribution in [1.82, 2.24) is 0 Å². The average molecular weight is 241 g/mol. The Hall–Kier alpha value is -1.79. The van der Waals surface area contributed by atoms with Gasteiger partial charge in [0.1, 0.15) is 0 Å². The molecule has 84 valence electrons. The van der Waals surface area contributed by atoms with Gasteiger partial charge in [-0.05, 0) is 23.3 Å². The average Bonchev–Trinajstić information content (AvgIpc) is 2.36. The second kappa shape index (κ2) is 6.07. The van der Waals surface area contributed by atoms with Crippen LogP contribution in [-0.4, -0.2) is 0 Å². The minimum atomic E-state index is 0.763. The second-order valence-corrected chi connectivity index (χ2v) is 4.12. The van der Waals surface area contributed by atoms with Gasteiger partial charge in [-0.25, -0.2) is 0 Å². The summed E-state index contributed by atoms with van der Waals surface area (Å²) in [4.78, 5) is 0. The van der Waals surface area contributed by atoms with Crippen LogP contribution >= 0.6 is 11.6 Å². The lowest BCUT2D eigenvalue weighted by Crippen LogP contribution is -1.70. The molecule has 17 heavy (non-hydrogen) atoms. The van der Waals surface area contributed by atoms with Crippen LogP contribution in [0.2, 0.25) is 5.02 Å². The fraction of sp³-hybridized carbons (Fsp3) is 0. The van der Waals surface area contributed by atoms with Gasteiger partial charge < -0.3 is 0 Å². The molecule has 1 heteroatoms. The van der Waals surface area contributed by atoms with Gasteiger partial charge in [0.05, 0.1) is 0 Å². The normalized spacial score (nSPS) is 11.4. The van der Waals surface area contributed by atoms with E-state index in [9.17, 15) is 0 Å². The Morgan fingerprint density at radius 2 is 1.35 bits per heavy atom. The van der Waals surface area contributed by atoms with Crippen molar-refractivity contribution in [3.8, 4) is 0 Å². The van der Waals surface area contributed by atoms with Crippen LogP contribution in [0, 0.1) is 0 Å². The highest BCUT2D eigenvalue weighted by atomic mass is 35.5. The van der Waals surface area contributed by atoms with Crippen LogP contribution in [0.1, 0.15) is 11.1 Å². The van der Waals surface area contributed by atoms with Crippen LogP contribution in [0.15, 0.2) is 66.7 Å². The van der Waals surface area contributed by atoms with Gasteiger partial charge in [0.2, 0.25) is 0 Å². The molecule has 0 unspecified atom stereocenters. The molecule has 0 aliphatic heterocycles. The zero-order valence-corrected chi connectivity index (χ0v) is 10.1. The maximum atomic E-state index is 5.90. The molecule has 0 atom stereocenters. The predicted octanol–water partition coefficient (Wildman–Crippen LogP) is 5.07. The molecule has 0 radical (unpaired) electrons. The topological polar surface area (TPSA) is 0 Å². The van der Waals surface area contributed by atoms with E-state index >= 15 is 0 Å². The molecule has 2 rings (SSSR count). The van der Waals surface area contributed by atoms with E-state index in [0.29, 0.717) is 0 Å². The first-order valence-electron chi connectivity index (χ1n) is 5.50. The first-order valence-corrected chi connectivity index (χ1v) is 5.88. The maximum absolute atomic E-state index is 5.90. The van der Waals surface area contributed by atoms with Crippen LogP contribution in [0.5, 0.6) is 0 Å². The maximum Gasteiger partial charge on any atom is 0.0411 e. The summed E-state index contributed by atoms with van der Waals surface area (Å²) in [5, 5.41) is 0.763. The summed E-state index contributed by atoms with van der Waals surface area (Å²) in [6.45, 7) is 0. The van der Waals surface area contributed by atoms with Crippen LogP contribution in [0.25, 0.3) is 12.2 Å². The lowest BCUT2D eigenvalue weighted by molar-refractivity contribution is 1.65. The quantitative estimate of drug-likeness (QED) is 0.658. The highest BCUT2D eigenvalue weighted by Crippen LogP contribution is 2.12. The van der Waals surface area contributed by atoms with Gasteiger partial charge in [-0.3, -0.25) is 0 Å². The van der Waals surface area contributed by atoms with Crippen molar-refractivity contribution < 1.29 is 0 Å². The Labute approximate surface area is 107 Å². The minimum Gasteiger partial charge on any atom is -0.0843 e. The smallest absolute Gasteiger partial charge is 0.0411 e. The van der Waals surface area contributed by atoms with Gasteiger partial charge in [-0.2, -0.15) is 0 Å². The summed E-state index contributed by atoms with van der Waals surface area (Å²) >= 11 is 5.90. The summed E-state index contributed by atoms with van der Waals surface area (Å²) in [6.07, 6.45) is 8.14. The van der Waals surface area contributed by atoms with Crippen molar-refractivity contribution in [2.24, 2.45) is 0 Å². The third-order valence-corrected chi connectivity index (χ3v) is 2.57. The van der Waals surface area contributed by atoms with Crippen molar-refractivity contribution in [3.63, 3.8) is 0 Å². The first kappa shape index (κ1) is 11.7. The molecule has 0 bridgehead atoms. The van der Waals surface area contributed by atoms with Gasteiger partial charge in [0, 0.05) is 5.02 Å². The standard InChI is InChI=1S/C16H13Cl/c17-16-12-6-11-15(13-16)10-5-4-9-14-7-2-1-3-8-14/h1-13H/b9-4+,10-5+. The predicted molar refractivity (Wildman–Crippen MR) is 76.0 cm³/mol. The van der Waals surface area contributed by atoms with Crippen LogP contribution in [-0.2, 0) is 0 Å². The Bertz CT molecular complexity index is 524. The van der Waals surface area contributed by atoms with E-state index < -0.39 is 0 Å². The first-order chi connectivity index (χ1) is 8.34.